The summed E-state index contributed by atoms with van der Waals surface area (Å²) in [6.45, 7) is 0.712. The van der Waals surface area contributed by atoms with Crippen molar-refractivity contribution in [3.05, 3.63) is 47.8 Å². The summed E-state index contributed by atoms with van der Waals surface area (Å²) in [5, 5.41) is 0. The smallest absolute Gasteiger partial charge is 0.0827 e. The van der Waals surface area contributed by atoms with Crippen LogP contribution in [-0.2, 0) is 11.3 Å². The van der Waals surface area contributed by atoms with Gasteiger partial charge in [0.05, 0.1) is 12.9 Å². The van der Waals surface area contributed by atoms with Gasteiger partial charge in [-0.2, -0.15) is 0 Å². The molecular formula is C26H39FO. The standard InChI is InChI=1S/C26H39FO/c1-28-20-24-13-17-26(18-14-24)25-15-11-23(12-16-25)10-9-22-7-5-21(6-8-22)4-2-3-19-27/h3,13-14,17-19,21-23,25H,2,4-12,15-16,20H2,1H3/b19-3+/t21-,22-,23-,25-. The van der Waals surface area contributed by atoms with Gasteiger partial charge in [0.2, 0.25) is 0 Å². The Morgan fingerprint density at radius 2 is 1.36 bits per heavy atom. The van der Waals surface area contributed by atoms with Gasteiger partial charge in [-0.3, -0.25) is 0 Å². The molecule has 3 rings (SSSR count). The van der Waals surface area contributed by atoms with Crippen LogP contribution in [-0.4, -0.2) is 7.11 Å². The molecule has 1 aromatic rings. The van der Waals surface area contributed by atoms with Crippen molar-refractivity contribution in [1.82, 2.24) is 0 Å². The second-order valence-corrected chi connectivity index (χ2v) is 9.30. The fourth-order valence-electron chi connectivity index (χ4n) is 5.51. The molecule has 0 N–H and O–H groups in total. The summed E-state index contributed by atoms with van der Waals surface area (Å²) in [5.41, 5.74) is 2.80. The highest BCUT2D eigenvalue weighted by atomic mass is 19.1. The van der Waals surface area contributed by atoms with Crippen LogP contribution in [0.25, 0.3) is 0 Å². The number of ether oxygens (including phenoxy) is 1. The third-order valence-electron chi connectivity index (χ3n) is 7.39. The zero-order valence-corrected chi connectivity index (χ0v) is 17.8. The van der Waals surface area contributed by atoms with Gasteiger partial charge in [-0.05, 0) is 73.3 Å². The van der Waals surface area contributed by atoms with E-state index in [0.717, 1.165) is 30.1 Å². The molecule has 0 bridgehead atoms. The third-order valence-corrected chi connectivity index (χ3v) is 7.39. The summed E-state index contributed by atoms with van der Waals surface area (Å²) >= 11 is 0. The Hall–Kier alpha value is -1.15. The summed E-state index contributed by atoms with van der Waals surface area (Å²) in [7, 11) is 1.76. The number of benzene rings is 1. The normalized spacial score (nSPS) is 28.6. The summed E-state index contributed by atoms with van der Waals surface area (Å²) in [6, 6.07) is 9.10. The first-order chi connectivity index (χ1) is 13.8. The number of rotatable bonds is 9. The number of methoxy groups -OCH3 is 1. The molecule has 0 aromatic heterocycles. The average molecular weight is 387 g/mol. The molecule has 2 aliphatic carbocycles. The minimum Gasteiger partial charge on any atom is -0.380 e. The van der Waals surface area contributed by atoms with Gasteiger partial charge in [0.25, 0.3) is 0 Å². The highest BCUT2D eigenvalue weighted by molar-refractivity contribution is 5.25. The quantitative estimate of drug-likeness (QED) is 0.418. The first kappa shape index (κ1) is 21.6. The lowest BCUT2D eigenvalue weighted by Crippen LogP contribution is -2.17. The molecule has 1 aromatic carbocycles. The summed E-state index contributed by atoms with van der Waals surface area (Å²) in [4.78, 5) is 0. The van der Waals surface area contributed by atoms with E-state index in [9.17, 15) is 4.39 Å². The average Bonchev–Trinajstić information content (AvgIpc) is 2.75. The molecule has 0 aliphatic heterocycles. The van der Waals surface area contributed by atoms with Gasteiger partial charge in [-0.1, -0.05) is 68.9 Å². The van der Waals surface area contributed by atoms with Gasteiger partial charge in [0.1, 0.15) is 0 Å². The van der Waals surface area contributed by atoms with Crippen LogP contribution >= 0.6 is 0 Å². The number of halogens is 1. The van der Waals surface area contributed by atoms with E-state index >= 15 is 0 Å². The highest BCUT2D eigenvalue weighted by Gasteiger charge is 2.25. The molecular weight excluding hydrogens is 347 g/mol. The third kappa shape index (κ3) is 6.72. The lowest BCUT2D eigenvalue weighted by Gasteiger charge is -2.32. The zero-order valence-electron chi connectivity index (χ0n) is 17.8. The number of hydrogen-bond donors (Lipinski definition) is 0. The minimum absolute atomic E-state index is 0.705. The van der Waals surface area contributed by atoms with E-state index in [1.165, 1.54) is 81.8 Å². The molecule has 2 fully saturated rings. The van der Waals surface area contributed by atoms with Crippen LogP contribution in [0.1, 0.15) is 94.1 Å². The van der Waals surface area contributed by atoms with Crippen LogP contribution in [0.3, 0.4) is 0 Å². The van der Waals surface area contributed by atoms with Crippen LogP contribution in [0.2, 0.25) is 0 Å². The monoisotopic (exact) mass is 386 g/mol. The lowest BCUT2D eigenvalue weighted by molar-refractivity contribution is 0.185. The van der Waals surface area contributed by atoms with E-state index < -0.39 is 0 Å². The maximum absolute atomic E-state index is 12.1. The molecule has 0 spiro atoms. The van der Waals surface area contributed by atoms with Crippen molar-refractivity contribution in [2.24, 2.45) is 17.8 Å². The molecule has 156 valence electrons. The first-order valence-electron chi connectivity index (χ1n) is 11.6. The van der Waals surface area contributed by atoms with E-state index in [-0.39, 0.29) is 0 Å². The Labute approximate surface area is 171 Å². The molecule has 28 heavy (non-hydrogen) atoms. The predicted molar refractivity (Wildman–Crippen MR) is 116 cm³/mol. The maximum atomic E-state index is 12.1. The van der Waals surface area contributed by atoms with Crippen molar-refractivity contribution in [2.45, 2.75) is 89.6 Å². The zero-order chi connectivity index (χ0) is 19.6. The molecule has 2 saturated carbocycles. The van der Waals surface area contributed by atoms with E-state index in [1.807, 2.05) is 0 Å². The first-order valence-corrected chi connectivity index (χ1v) is 11.6. The van der Waals surface area contributed by atoms with Crippen molar-refractivity contribution in [3.8, 4) is 0 Å². The van der Waals surface area contributed by atoms with Gasteiger partial charge in [0.15, 0.2) is 0 Å². The lowest BCUT2D eigenvalue weighted by atomic mass is 9.74. The topological polar surface area (TPSA) is 9.23 Å². The largest absolute Gasteiger partial charge is 0.380 e. The van der Waals surface area contributed by atoms with Gasteiger partial charge in [0, 0.05) is 7.11 Å². The molecule has 0 radical (unpaired) electrons. The fourth-order valence-corrected chi connectivity index (χ4v) is 5.51. The molecule has 0 unspecified atom stereocenters. The van der Waals surface area contributed by atoms with Crippen molar-refractivity contribution in [2.75, 3.05) is 7.11 Å². The molecule has 2 aliphatic rings. The van der Waals surface area contributed by atoms with Crippen molar-refractivity contribution in [1.29, 1.82) is 0 Å². The maximum Gasteiger partial charge on any atom is 0.0827 e. The fraction of sp³-hybridized carbons (Fsp3) is 0.692. The molecule has 0 heterocycles. The predicted octanol–water partition coefficient (Wildman–Crippen LogP) is 7.96. The van der Waals surface area contributed by atoms with Gasteiger partial charge >= 0.3 is 0 Å². The van der Waals surface area contributed by atoms with Crippen LogP contribution in [0.5, 0.6) is 0 Å². The van der Waals surface area contributed by atoms with Crippen molar-refractivity contribution >= 4 is 0 Å². The van der Waals surface area contributed by atoms with Crippen molar-refractivity contribution < 1.29 is 9.13 Å². The number of allylic oxidation sites excluding steroid dienone is 1. The van der Waals surface area contributed by atoms with Crippen molar-refractivity contribution in [3.63, 3.8) is 0 Å². The summed E-state index contributed by atoms with van der Waals surface area (Å²) in [6.07, 6.45) is 18.5. The Balaban J connectivity index is 1.32. The SMILES string of the molecule is COCc1ccc([C@H]2CC[C@H](CC[C@H]3CC[C@H](CC/C=C/F)CC3)CC2)cc1. The Kier molecular flexibility index (Phi) is 9.05. The van der Waals surface area contributed by atoms with E-state index in [0.29, 0.717) is 12.9 Å². The van der Waals surface area contributed by atoms with E-state index in [2.05, 4.69) is 24.3 Å². The molecule has 1 nitrogen and oxygen atoms in total. The Morgan fingerprint density at radius 3 is 1.89 bits per heavy atom. The molecule has 2 heteroatoms. The van der Waals surface area contributed by atoms with Crippen LogP contribution < -0.4 is 0 Å². The van der Waals surface area contributed by atoms with Crippen LogP contribution in [0.4, 0.5) is 4.39 Å². The molecule has 0 atom stereocenters. The highest BCUT2D eigenvalue weighted by Crippen LogP contribution is 2.40. The molecule has 0 amide bonds. The van der Waals surface area contributed by atoms with E-state index in [4.69, 9.17) is 4.74 Å². The Bertz CT molecular complexity index is 563. The Morgan fingerprint density at radius 1 is 0.821 bits per heavy atom. The van der Waals surface area contributed by atoms with Crippen LogP contribution in [0.15, 0.2) is 36.7 Å². The summed E-state index contributed by atoms with van der Waals surface area (Å²) in [5.74, 6) is 3.52. The number of hydrogen-bond acceptors (Lipinski definition) is 1. The second kappa shape index (κ2) is 11.8. The minimum atomic E-state index is 0.705. The molecule has 0 saturated heterocycles. The summed E-state index contributed by atoms with van der Waals surface area (Å²) < 4.78 is 17.3. The van der Waals surface area contributed by atoms with Gasteiger partial charge in [-0.25, -0.2) is 4.39 Å². The van der Waals surface area contributed by atoms with Gasteiger partial charge < -0.3 is 4.74 Å². The van der Waals surface area contributed by atoms with E-state index in [1.54, 1.807) is 13.2 Å². The van der Waals surface area contributed by atoms with Gasteiger partial charge in [-0.15, -0.1) is 0 Å². The van der Waals surface area contributed by atoms with Crippen LogP contribution in [0, 0.1) is 17.8 Å². The second-order valence-electron chi connectivity index (χ2n) is 9.30.